The Balaban J connectivity index is 1.71. The first-order valence-electron chi connectivity index (χ1n) is 7.19. The van der Waals surface area contributed by atoms with Gasteiger partial charge in [-0.25, -0.2) is 8.42 Å². The zero-order chi connectivity index (χ0) is 17.2. The topological polar surface area (TPSA) is 84.0 Å². The SMILES string of the molecule is Cc1ccc(Nc2ccc(NS(=O)(=O)c3ccc(C)s3)nn2)cc1. The lowest BCUT2D eigenvalue weighted by molar-refractivity contribution is 0.603. The molecule has 1 aromatic carbocycles. The van der Waals surface area contributed by atoms with E-state index in [9.17, 15) is 8.42 Å². The lowest BCUT2D eigenvalue weighted by Gasteiger charge is -2.07. The normalized spacial score (nSPS) is 11.2. The Hall–Kier alpha value is -2.45. The van der Waals surface area contributed by atoms with Crippen LogP contribution in [0.4, 0.5) is 17.3 Å². The van der Waals surface area contributed by atoms with E-state index in [1.54, 1.807) is 24.3 Å². The molecule has 0 aliphatic rings. The number of nitrogens with one attached hydrogen (secondary N) is 2. The van der Waals surface area contributed by atoms with Crippen LogP contribution in [0.5, 0.6) is 0 Å². The molecule has 0 saturated carbocycles. The van der Waals surface area contributed by atoms with Gasteiger partial charge in [-0.15, -0.1) is 21.5 Å². The van der Waals surface area contributed by atoms with Crippen molar-refractivity contribution in [2.24, 2.45) is 0 Å². The van der Waals surface area contributed by atoms with E-state index in [0.717, 1.165) is 10.6 Å². The number of nitrogens with zero attached hydrogens (tertiary/aromatic N) is 2. The number of aromatic nitrogens is 2. The first-order chi connectivity index (χ1) is 11.4. The van der Waals surface area contributed by atoms with Crippen LogP contribution in [-0.4, -0.2) is 18.6 Å². The van der Waals surface area contributed by atoms with Gasteiger partial charge >= 0.3 is 0 Å². The molecular formula is C16H16N4O2S2. The van der Waals surface area contributed by atoms with Crippen LogP contribution >= 0.6 is 11.3 Å². The molecule has 2 N–H and O–H groups in total. The average molecular weight is 360 g/mol. The Labute approximate surface area is 144 Å². The predicted octanol–water partition coefficient (Wildman–Crippen LogP) is 3.70. The van der Waals surface area contributed by atoms with Crippen molar-refractivity contribution in [1.29, 1.82) is 0 Å². The summed E-state index contributed by atoms with van der Waals surface area (Å²) in [5, 5.41) is 11.0. The van der Waals surface area contributed by atoms with E-state index < -0.39 is 10.0 Å². The number of thiophene rings is 1. The Morgan fingerprint density at radius 1 is 0.875 bits per heavy atom. The minimum atomic E-state index is -3.62. The van der Waals surface area contributed by atoms with E-state index in [-0.39, 0.29) is 10.0 Å². The number of sulfonamides is 1. The molecule has 0 aliphatic heterocycles. The molecule has 0 bridgehead atoms. The zero-order valence-corrected chi connectivity index (χ0v) is 14.8. The molecule has 2 heterocycles. The first-order valence-corrected chi connectivity index (χ1v) is 9.49. The van der Waals surface area contributed by atoms with Gasteiger partial charge < -0.3 is 5.32 Å². The van der Waals surface area contributed by atoms with E-state index in [0.29, 0.717) is 5.82 Å². The summed E-state index contributed by atoms with van der Waals surface area (Å²) in [6.45, 7) is 3.87. The van der Waals surface area contributed by atoms with E-state index in [1.165, 1.54) is 16.9 Å². The molecule has 0 aliphatic carbocycles. The van der Waals surface area contributed by atoms with Crippen LogP contribution in [-0.2, 0) is 10.0 Å². The highest BCUT2D eigenvalue weighted by Crippen LogP contribution is 2.23. The van der Waals surface area contributed by atoms with Crippen molar-refractivity contribution in [3.05, 3.63) is 59.0 Å². The van der Waals surface area contributed by atoms with Crippen LogP contribution in [0.1, 0.15) is 10.4 Å². The van der Waals surface area contributed by atoms with Crippen molar-refractivity contribution in [3.8, 4) is 0 Å². The molecule has 24 heavy (non-hydrogen) atoms. The summed E-state index contributed by atoms with van der Waals surface area (Å²) in [7, 11) is -3.62. The van der Waals surface area contributed by atoms with Crippen LogP contribution in [0.3, 0.4) is 0 Å². The Bertz CT molecular complexity index is 933. The third kappa shape index (κ3) is 3.90. The van der Waals surface area contributed by atoms with Gasteiger partial charge in [0, 0.05) is 10.6 Å². The third-order valence-electron chi connectivity index (χ3n) is 3.21. The molecule has 0 atom stereocenters. The van der Waals surface area contributed by atoms with Gasteiger partial charge in [-0.1, -0.05) is 17.7 Å². The molecule has 6 nitrogen and oxygen atoms in total. The maximum atomic E-state index is 12.2. The van der Waals surface area contributed by atoms with Gasteiger partial charge in [-0.3, -0.25) is 4.72 Å². The van der Waals surface area contributed by atoms with Crippen molar-refractivity contribution >= 4 is 38.7 Å². The monoisotopic (exact) mass is 360 g/mol. The van der Waals surface area contributed by atoms with E-state index in [1.807, 2.05) is 38.1 Å². The number of rotatable bonds is 5. The number of hydrogen-bond donors (Lipinski definition) is 2. The highest BCUT2D eigenvalue weighted by atomic mass is 32.2. The van der Waals surface area contributed by atoms with Crippen molar-refractivity contribution < 1.29 is 8.42 Å². The highest BCUT2D eigenvalue weighted by Gasteiger charge is 2.17. The fourth-order valence-corrected chi connectivity index (χ4v) is 4.26. The van der Waals surface area contributed by atoms with Gasteiger partial charge in [0.05, 0.1) is 0 Å². The van der Waals surface area contributed by atoms with Crippen LogP contribution in [0, 0.1) is 13.8 Å². The van der Waals surface area contributed by atoms with Crippen LogP contribution in [0.15, 0.2) is 52.7 Å². The third-order valence-corrected chi connectivity index (χ3v) is 6.06. The minimum absolute atomic E-state index is 0.176. The smallest absolute Gasteiger partial charge is 0.272 e. The summed E-state index contributed by atoms with van der Waals surface area (Å²) in [6.07, 6.45) is 0. The summed E-state index contributed by atoms with van der Waals surface area (Å²) < 4.78 is 27.2. The summed E-state index contributed by atoms with van der Waals surface area (Å²) in [5.41, 5.74) is 2.05. The number of hydrogen-bond acceptors (Lipinski definition) is 6. The fourth-order valence-electron chi connectivity index (χ4n) is 1.98. The average Bonchev–Trinajstić information content (AvgIpc) is 2.99. The van der Waals surface area contributed by atoms with Crippen LogP contribution < -0.4 is 10.0 Å². The molecule has 124 valence electrons. The molecule has 0 radical (unpaired) electrons. The maximum Gasteiger partial charge on any atom is 0.272 e. The summed E-state index contributed by atoms with van der Waals surface area (Å²) in [6, 6.07) is 14.4. The first kappa shape index (κ1) is 16.4. The van der Waals surface area contributed by atoms with Crippen molar-refractivity contribution in [1.82, 2.24) is 10.2 Å². The molecule has 0 unspecified atom stereocenters. The number of aryl methyl sites for hydroxylation is 2. The van der Waals surface area contributed by atoms with E-state index >= 15 is 0 Å². The van der Waals surface area contributed by atoms with Gasteiger partial charge in [0.1, 0.15) is 4.21 Å². The number of benzene rings is 1. The predicted molar refractivity (Wildman–Crippen MR) is 96.4 cm³/mol. The van der Waals surface area contributed by atoms with Gasteiger partial charge in [-0.05, 0) is 50.2 Å². The molecule has 2 aromatic heterocycles. The van der Waals surface area contributed by atoms with Crippen LogP contribution in [0.25, 0.3) is 0 Å². The summed E-state index contributed by atoms with van der Waals surface area (Å²) >= 11 is 1.21. The molecule has 0 spiro atoms. The molecule has 3 rings (SSSR count). The van der Waals surface area contributed by atoms with Gasteiger partial charge in [0.25, 0.3) is 10.0 Å². The molecule has 8 heteroatoms. The second kappa shape index (κ2) is 6.58. The molecule has 3 aromatic rings. The van der Waals surface area contributed by atoms with Crippen LogP contribution in [0.2, 0.25) is 0 Å². The number of anilines is 3. The maximum absolute atomic E-state index is 12.2. The fraction of sp³-hybridized carbons (Fsp3) is 0.125. The quantitative estimate of drug-likeness (QED) is 0.725. The molecule has 0 saturated heterocycles. The zero-order valence-electron chi connectivity index (χ0n) is 13.1. The van der Waals surface area contributed by atoms with Crippen molar-refractivity contribution in [2.75, 3.05) is 10.0 Å². The minimum Gasteiger partial charge on any atom is -0.339 e. The molecule has 0 amide bonds. The van der Waals surface area contributed by atoms with Crippen molar-refractivity contribution in [2.45, 2.75) is 18.1 Å². The van der Waals surface area contributed by atoms with Gasteiger partial charge in [0.15, 0.2) is 11.6 Å². The van der Waals surface area contributed by atoms with Gasteiger partial charge in [-0.2, -0.15) is 0 Å². The molecule has 0 fully saturated rings. The second-order valence-electron chi connectivity index (χ2n) is 5.27. The summed E-state index contributed by atoms with van der Waals surface area (Å²) in [4.78, 5) is 0.930. The highest BCUT2D eigenvalue weighted by molar-refractivity contribution is 7.94. The van der Waals surface area contributed by atoms with Crippen molar-refractivity contribution in [3.63, 3.8) is 0 Å². The molecular weight excluding hydrogens is 344 g/mol. The van der Waals surface area contributed by atoms with E-state index in [2.05, 4.69) is 20.2 Å². The Kier molecular flexibility index (Phi) is 4.50. The van der Waals surface area contributed by atoms with E-state index in [4.69, 9.17) is 0 Å². The lowest BCUT2D eigenvalue weighted by atomic mass is 10.2. The summed E-state index contributed by atoms with van der Waals surface area (Å²) in [5.74, 6) is 0.712. The second-order valence-corrected chi connectivity index (χ2v) is 8.46. The van der Waals surface area contributed by atoms with Gasteiger partial charge in [0.2, 0.25) is 0 Å². The standard InChI is InChI=1S/C16H16N4O2S2/c1-11-3-6-13(7-4-11)17-14-8-9-15(19-18-14)20-24(21,22)16-10-5-12(2)23-16/h3-10H,1-2H3,(H,17,18)(H,19,20). The Morgan fingerprint density at radius 3 is 2.12 bits per heavy atom. The largest absolute Gasteiger partial charge is 0.339 e. The Morgan fingerprint density at radius 2 is 1.54 bits per heavy atom. The lowest BCUT2D eigenvalue weighted by Crippen LogP contribution is -2.13.